The summed E-state index contributed by atoms with van der Waals surface area (Å²) in [6.45, 7) is 3.92. The summed E-state index contributed by atoms with van der Waals surface area (Å²) in [4.78, 5) is 24.8. The van der Waals surface area contributed by atoms with Crippen LogP contribution in [0.15, 0.2) is 36.7 Å². The van der Waals surface area contributed by atoms with Gasteiger partial charge in [0.25, 0.3) is 5.82 Å². The highest BCUT2D eigenvalue weighted by molar-refractivity contribution is 5.85. The number of methoxy groups -OCH3 is 1. The molecule has 0 unspecified atom stereocenters. The lowest BCUT2D eigenvalue weighted by atomic mass is 10.2. The number of nitrogens with zero attached hydrogens (tertiary/aromatic N) is 5. The van der Waals surface area contributed by atoms with Crippen LogP contribution in [0.3, 0.4) is 0 Å². The van der Waals surface area contributed by atoms with Crippen LogP contribution in [0.4, 0.5) is 0 Å². The minimum Gasteiger partial charge on any atom is -0.481 e. The molecule has 0 aliphatic rings. The highest BCUT2D eigenvalue weighted by atomic mass is 16.5. The van der Waals surface area contributed by atoms with E-state index in [2.05, 4.69) is 20.1 Å². The third-order valence-corrected chi connectivity index (χ3v) is 3.38. The predicted octanol–water partition coefficient (Wildman–Crippen LogP) is 2.22. The third kappa shape index (κ3) is 3.47. The molecule has 0 N–H and O–H groups in total. The molecular formula is C17H17N5O3. The van der Waals surface area contributed by atoms with E-state index in [0.717, 1.165) is 5.56 Å². The Morgan fingerprint density at radius 1 is 1.16 bits per heavy atom. The Morgan fingerprint density at radius 3 is 2.60 bits per heavy atom. The molecule has 0 aliphatic heterocycles. The summed E-state index contributed by atoms with van der Waals surface area (Å²) in [5.74, 6) is 0.283. The molecule has 0 saturated carbocycles. The van der Waals surface area contributed by atoms with Gasteiger partial charge in [-0.3, -0.25) is 4.98 Å². The fourth-order valence-corrected chi connectivity index (χ4v) is 2.16. The molecule has 0 aromatic carbocycles. The molecule has 0 aliphatic carbocycles. The fraction of sp³-hybridized carbons (Fsp3) is 0.235. The van der Waals surface area contributed by atoms with Gasteiger partial charge < -0.3 is 9.47 Å². The van der Waals surface area contributed by atoms with Gasteiger partial charge in [0, 0.05) is 12.3 Å². The highest BCUT2D eigenvalue weighted by Gasteiger charge is 2.20. The highest BCUT2D eigenvalue weighted by Crippen LogP contribution is 2.20. The molecule has 3 aromatic rings. The van der Waals surface area contributed by atoms with Crippen molar-refractivity contribution in [1.29, 1.82) is 0 Å². The number of carbonyl (C=O) groups is 1. The zero-order chi connectivity index (χ0) is 17.8. The first-order valence-electron chi connectivity index (χ1n) is 7.70. The first kappa shape index (κ1) is 16.6. The van der Waals surface area contributed by atoms with Crippen LogP contribution in [0.2, 0.25) is 0 Å². The summed E-state index contributed by atoms with van der Waals surface area (Å²) in [5.41, 5.74) is 2.23. The van der Waals surface area contributed by atoms with E-state index in [0.29, 0.717) is 23.1 Å². The van der Waals surface area contributed by atoms with E-state index < -0.39 is 5.97 Å². The predicted molar refractivity (Wildman–Crippen MR) is 89.6 cm³/mol. The van der Waals surface area contributed by atoms with Gasteiger partial charge in [-0.2, -0.15) is 4.98 Å². The molecule has 128 valence electrons. The molecule has 3 aromatic heterocycles. The minimum atomic E-state index is -0.587. The zero-order valence-electron chi connectivity index (χ0n) is 14.1. The van der Waals surface area contributed by atoms with Crippen molar-refractivity contribution in [1.82, 2.24) is 24.7 Å². The summed E-state index contributed by atoms with van der Waals surface area (Å²) in [7, 11) is 1.54. The Balaban J connectivity index is 2.10. The van der Waals surface area contributed by atoms with Crippen LogP contribution < -0.4 is 4.74 Å². The Bertz CT molecular complexity index is 872. The Hall–Kier alpha value is -3.29. The van der Waals surface area contributed by atoms with E-state index in [1.165, 1.54) is 11.8 Å². The number of aromatic nitrogens is 5. The van der Waals surface area contributed by atoms with Crippen molar-refractivity contribution in [2.24, 2.45) is 0 Å². The van der Waals surface area contributed by atoms with Crippen LogP contribution in [0, 0.1) is 6.92 Å². The maximum Gasteiger partial charge on any atom is 0.378 e. The molecule has 0 bridgehead atoms. The summed E-state index contributed by atoms with van der Waals surface area (Å²) < 4.78 is 11.6. The second-order valence-corrected chi connectivity index (χ2v) is 5.17. The van der Waals surface area contributed by atoms with Gasteiger partial charge in [0.1, 0.15) is 5.69 Å². The number of aryl methyl sites for hydroxylation is 1. The van der Waals surface area contributed by atoms with Crippen molar-refractivity contribution < 1.29 is 14.3 Å². The molecule has 0 atom stereocenters. The number of rotatable bonds is 5. The molecule has 0 saturated heterocycles. The number of pyridine rings is 2. The van der Waals surface area contributed by atoms with Crippen LogP contribution in [0.1, 0.15) is 23.1 Å². The fourth-order valence-electron chi connectivity index (χ4n) is 2.16. The van der Waals surface area contributed by atoms with Gasteiger partial charge >= 0.3 is 5.97 Å². The largest absolute Gasteiger partial charge is 0.481 e. The summed E-state index contributed by atoms with van der Waals surface area (Å²) in [6.07, 6.45) is 3.31. The van der Waals surface area contributed by atoms with E-state index in [4.69, 9.17) is 9.47 Å². The van der Waals surface area contributed by atoms with Crippen molar-refractivity contribution in [2.75, 3.05) is 13.7 Å². The van der Waals surface area contributed by atoms with Crippen LogP contribution in [-0.4, -0.2) is 44.4 Å². The second-order valence-electron chi connectivity index (χ2n) is 5.17. The smallest absolute Gasteiger partial charge is 0.378 e. The Kier molecular flexibility index (Phi) is 4.69. The van der Waals surface area contributed by atoms with Gasteiger partial charge in [0.15, 0.2) is 5.82 Å². The van der Waals surface area contributed by atoms with Crippen molar-refractivity contribution in [3.63, 3.8) is 0 Å². The maximum absolute atomic E-state index is 12.0. The molecule has 0 spiro atoms. The quantitative estimate of drug-likeness (QED) is 0.658. The van der Waals surface area contributed by atoms with Crippen molar-refractivity contribution in [3.05, 3.63) is 48.0 Å². The van der Waals surface area contributed by atoms with Crippen molar-refractivity contribution in [3.8, 4) is 23.1 Å². The molecule has 3 heterocycles. The first-order valence-corrected chi connectivity index (χ1v) is 7.70. The Labute approximate surface area is 144 Å². The van der Waals surface area contributed by atoms with Gasteiger partial charge in [0.2, 0.25) is 5.88 Å². The zero-order valence-corrected chi connectivity index (χ0v) is 14.1. The summed E-state index contributed by atoms with van der Waals surface area (Å²) >= 11 is 0. The van der Waals surface area contributed by atoms with Crippen LogP contribution in [0.5, 0.6) is 5.88 Å². The maximum atomic E-state index is 12.0. The van der Waals surface area contributed by atoms with Gasteiger partial charge in [-0.25, -0.2) is 14.5 Å². The normalized spacial score (nSPS) is 10.5. The molecular weight excluding hydrogens is 322 g/mol. The van der Waals surface area contributed by atoms with Crippen LogP contribution in [0.25, 0.3) is 17.2 Å². The lowest BCUT2D eigenvalue weighted by molar-refractivity contribution is 0.0512. The first-order chi connectivity index (χ1) is 12.1. The average Bonchev–Trinajstić information content (AvgIpc) is 3.08. The summed E-state index contributed by atoms with van der Waals surface area (Å²) in [6, 6.07) is 7.21. The van der Waals surface area contributed by atoms with E-state index in [1.54, 1.807) is 31.5 Å². The Morgan fingerprint density at radius 2 is 2.00 bits per heavy atom. The van der Waals surface area contributed by atoms with Gasteiger partial charge in [-0.15, -0.1) is 5.10 Å². The standard InChI is InChI=1S/C17H17N5O3/c1-4-25-17(23)15-20-16(13-7-5-11(2)9-18-13)22(21-15)12-6-8-14(24-3)19-10-12/h5-10H,4H2,1-3H3. The van der Waals surface area contributed by atoms with Crippen molar-refractivity contribution >= 4 is 5.97 Å². The van der Waals surface area contributed by atoms with Gasteiger partial charge in [0.05, 0.1) is 25.6 Å². The summed E-state index contributed by atoms with van der Waals surface area (Å²) in [5, 5.41) is 4.26. The molecule has 25 heavy (non-hydrogen) atoms. The number of carbonyl (C=O) groups excluding carboxylic acids is 1. The second kappa shape index (κ2) is 7.08. The van der Waals surface area contributed by atoms with E-state index in [1.807, 2.05) is 19.1 Å². The van der Waals surface area contributed by atoms with E-state index in [9.17, 15) is 4.79 Å². The minimum absolute atomic E-state index is 0.0324. The number of hydrogen-bond acceptors (Lipinski definition) is 7. The number of esters is 1. The monoisotopic (exact) mass is 339 g/mol. The van der Waals surface area contributed by atoms with Gasteiger partial charge in [-0.05, 0) is 31.5 Å². The molecule has 0 amide bonds. The van der Waals surface area contributed by atoms with Crippen LogP contribution >= 0.6 is 0 Å². The molecule has 3 rings (SSSR count). The lowest BCUT2D eigenvalue weighted by Crippen LogP contribution is -2.07. The van der Waals surface area contributed by atoms with E-state index >= 15 is 0 Å². The average molecular weight is 339 g/mol. The van der Waals surface area contributed by atoms with Crippen molar-refractivity contribution in [2.45, 2.75) is 13.8 Å². The molecule has 8 heteroatoms. The molecule has 0 radical (unpaired) electrons. The third-order valence-electron chi connectivity index (χ3n) is 3.38. The van der Waals surface area contributed by atoms with Crippen LogP contribution in [-0.2, 0) is 4.74 Å². The molecule has 8 nitrogen and oxygen atoms in total. The molecule has 0 fully saturated rings. The lowest BCUT2D eigenvalue weighted by Gasteiger charge is -2.06. The van der Waals surface area contributed by atoms with E-state index in [-0.39, 0.29) is 12.4 Å². The number of hydrogen-bond donors (Lipinski definition) is 0. The van der Waals surface area contributed by atoms with Gasteiger partial charge in [-0.1, -0.05) is 6.07 Å². The SMILES string of the molecule is CCOC(=O)c1nc(-c2ccc(C)cn2)n(-c2ccc(OC)nc2)n1. The number of ether oxygens (including phenoxy) is 2. The topological polar surface area (TPSA) is 92.0 Å².